The number of methoxy groups -OCH3 is 1. The van der Waals surface area contributed by atoms with Gasteiger partial charge in [0.25, 0.3) is 0 Å². The summed E-state index contributed by atoms with van der Waals surface area (Å²) >= 11 is 0. The van der Waals surface area contributed by atoms with Crippen LogP contribution in [0.25, 0.3) is 0 Å². The molecule has 1 heterocycles. The standard InChI is InChI=1S/C25H31NO5/c1-25(2,3)31-24(28)26-20(16-18-13-9-6-10-14-18)22-21(30-22)19(23(27)29-4)15-17-11-7-5-8-12-17/h5-14,19-22H,15-16H2,1-4H3,(H,26,28)/t19-,20+,21+,22-/m1/s1. The van der Waals surface area contributed by atoms with Crippen LogP contribution in [0.3, 0.4) is 0 Å². The summed E-state index contributed by atoms with van der Waals surface area (Å²) in [5, 5.41) is 2.95. The highest BCUT2D eigenvalue weighted by atomic mass is 16.6. The Bertz CT molecular complexity index is 862. The molecule has 0 radical (unpaired) electrons. The lowest BCUT2D eigenvalue weighted by Crippen LogP contribution is -2.44. The maximum absolute atomic E-state index is 12.5. The molecule has 0 bridgehead atoms. The average Bonchev–Trinajstić information content (AvgIpc) is 3.52. The van der Waals surface area contributed by atoms with Crippen molar-refractivity contribution in [3.63, 3.8) is 0 Å². The third kappa shape index (κ3) is 6.82. The molecule has 1 amide bonds. The monoisotopic (exact) mass is 425 g/mol. The quantitative estimate of drug-likeness (QED) is 0.512. The lowest BCUT2D eigenvalue weighted by Gasteiger charge is -2.23. The van der Waals surface area contributed by atoms with Crippen LogP contribution in [0.2, 0.25) is 0 Å². The zero-order valence-corrected chi connectivity index (χ0v) is 18.5. The molecule has 0 saturated carbocycles. The van der Waals surface area contributed by atoms with Crippen molar-refractivity contribution < 1.29 is 23.8 Å². The fourth-order valence-corrected chi connectivity index (χ4v) is 3.71. The van der Waals surface area contributed by atoms with Gasteiger partial charge in [-0.25, -0.2) is 4.79 Å². The van der Waals surface area contributed by atoms with Crippen LogP contribution in [0.5, 0.6) is 0 Å². The first-order valence-electron chi connectivity index (χ1n) is 10.6. The highest BCUT2D eigenvalue weighted by molar-refractivity contribution is 5.74. The number of carbonyl (C=O) groups is 2. The van der Waals surface area contributed by atoms with Gasteiger partial charge >= 0.3 is 12.1 Å². The SMILES string of the molecule is COC(=O)[C@H](Cc1ccccc1)[C@@H]1O[C@@H]1[C@H](Cc1ccccc1)NC(=O)OC(C)(C)C. The molecule has 1 aliphatic heterocycles. The van der Waals surface area contributed by atoms with E-state index in [4.69, 9.17) is 14.2 Å². The molecular weight excluding hydrogens is 394 g/mol. The maximum Gasteiger partial charge on any atom is 0.407 e. The molecule has 1 saturated heterocycles. The number of ether oxygens (including phenoxy) is 3. The Morgan fingerprint density at radius 3 is 2.00 bits per heavy atom. The topological polar surface area (TPSA) is 77.2 Å². The van der Waals surface area contributed by atoms with Crippen LogP contribution in [0.4, 0.5) is 4.79 Å². The summed E-state index contributed by atoms with van der Waals surface area (Å²) in [6, 6.07) is 19.3. The lowest BCUT2D eigenvalue weighted by molar-refractivity contribution is -0.146. The van der Waals surface area contributed by atoms with Crippen molar-refractivity contribution in [2.24, 2.45) is 5.92 Å². The zero-order chi connectivity index (χ0) is 22.4. The van der Waals surface area contributed by atoms with Gasteiger partial charge in [0.05, 0.1) is 25.2 Å². The summed E-state index contributed by atoms with van der Waals surface area (Å²) in [6.45, 7) is 5.47. The molecular formula is C25H31NO5. The van der Waals surface area contributed by atoms with Gasteiger partial charge < -0.3 is 19.5 Å². The Hall–Kier alpha value is -2.86. The molecule has 0 aliphatic carbocycles. The number of alkyl carbamates (subject to hydrolysis) is 1. The molecule has 1 N–H and O–H groups in total. The molecule has 2 aromatic rings. The third-order valence-electron chi connectivity index (χ3n) is 5.16. The van der Waals surface area contributed by atoms with Crippen molar-refractivity contribution in [2.75, 3.05) is 7.11 Å². The smallest absolute Gasteiger partial charge is 0.407 e. The second kappa shape index (κ2) is 9.96. The summed E-state index contributed by atoms with van der Waals surface area (Å²) in [4.78, 5) is 25.0. The molecule has 6 nitrogen and oxygen atoms in total. The van der Waals surface area contributed by atoms with Crippen LogP contribution in [-0.2, 0) is 31.8 Å². The highest BCUT2D eigenvalue weighted by Gasteiger charge is 2.52. The number of carbonyl (C=O) groups excluding carboxylic acids is 2. The first-order chi connectivity index (χ1) is 14.8. The van der Waals surface area contributed by atoms with Gasteiger partial charge in [0.1, 0.15) is 11.7 Å². The Morgan fingerprint density at radius 1 is 0.935 bits per heavy atom. The number of amides is 1. The van der Waals surface area contributed by atoms with Crippen LogP contribution >= 0.6 is 0 Å². The summed E-state index contributed by atoms with van der Waals surface area (Å²) in [5.74, 6) is -0.761. The second-order valence-electron chi connectivity index (χ2n) is 8.83. The molecule has 4 atom stereocenters. The van der Waals surface area contributed by atoms with E-state index >= 15 is 0 Å². The molecule has 2 aromatic carbocycles. The summed E-state index contributed by atoms with van der Waals surface area (Å²) in [5.41, 5.74) is 1.50. The number of epoxide rings is 1. The number of nitrogens with one attached hydrogen (secondary N) is 1. The minimum Gasteiger partial charge on any atom is -0.469 e. The van der Waals surface area contributed by atoms with Gasteiger partial charge in [0, 0.05) is 0 Å². The number of esters is 1. The van der Waals surface area contributed by atoms with E-state index in [9.17, 15) is 9.59 Å². The molecule has 166 valence electrons. The van der Waals surface area contributed by atoms with Crippen LogP contribution < -0.4 is 5.32 Å². The Kier molecular flexibility index (Phi) is 7.33. The van der Waals surface area contributed by atoms with Crippen molar-refractivity contribution in [2.45, 2.75) is 57.5 Å². The summed E-state index contributed by atoms with van der Waals surface area (Å²) in [7, 11) is 1.39. The van der Waals surface area contributed by atoms with Crippen LogP contribution in [0.15, 0.2) is 60.7 Å². The van der Waals surface area contributed by atoms with E-state index in [-0.39, 0.29) is 24.2 Å². The molecule has 3 rings (SSSR count). The van der Waals surface area contributed by atoms with E-state index in [1.54, 1.807) is 0 Å². The maximum atomic E-state index is 12.5. The number of hydrogen-bond donors (Lipinski definition) is 1. The van der Waals surface area contributed by atoms with E-state index in [1.165, 1.54) is 7.11 Å². The van der Waals surface area contributed by atoms with E-state index in [2.05, 4.69) is 5.32 Å². The molecule has 31 heavy (non-hydrogen) atoms. The molecule has 1 fully saturated rings. The molecule has 0 aromatic heterocycles. The predicted molar refractivity (Wildman–Crippen MR) is 118 cm³/mol. The second-order valence-corrected chi connectivity index (χ2v) is 8.83. The van der Waals surface area contributed by atoms with Gasteiger partial charge in [-0.05, 0) is 44.7 Å². The molecule has 6 heteroatoms. The fourth-order valence-electron chi connectivity index (χ4n) is 3.71. The van der Waals surface area contributed by atoms with Crippen molar-refractivity contribution in [3.8, 4) is 0 Å². The summed E-state index contributed by atoms with van der Waals surface area (Å²) < 4.78 is 16.5. The zero-order valence-electron chi connectivity index (χ0n) is 18.5. The third-order valence-corrected chi connectivity index (χ3v) is 5.16. The van der Waals surface area contributed by atoms with Crippen molar-refractivity contribution in [1.29, 1.82) is 0 Å². The number of rotatable bonds is 8. The normalized spacial score (nSPS) is 19.7. The van der Waals surface area contributed by atoms with Crippen molar-refractivity contribution in [3.05, 3.63) is 71.8 Å². The molecule has 1 aliphatic rings. The van der Waals surface area contributed by atoms with Gasteiger partial charge in [0.2, 0.25) is 0 Å². The Labute approximate surface area is 183 Å². The lowest BCUT2D eigenvalue weighted by atomic mass is 9.91. The number of benzene rings is 2. The average molecular weight is 426 g/mol. The van der Waals surface area contributed by atoms with Gasteiger partial charge in [0.15, 0.2) is 0 Å². The minimum absolute atomic E-state index is 0.305. The summed E-state index contributed by atoms with van der Waals surface area (Å²) in [6.07, 6.45) is -0.0585. The predicted octanol–water partition coefficient (Wildman–Crippen LogP) is 3.92. The fraction of sp³-hybridized carbons (Fsp3) is 0.440. The van der Waals surface area contributed by atoms with Crippen LogP contribution in [0.1, 0.15) is 31.9 Å². The van der Waals surface area contributed by atoms with Gasteiger partial charge in [-0.2, -0.15) is 0 Å². The van der Waals surface area contributed by atoms with E-state index in [0.29, 0.717) is 12.8 Å². The highest BCUT2D eigenvalue weighted by Crippen LogP contribution is 2.36. The van der Waals surface area contributed by atoms with Gasteiger partial charge in [-0.3, -0.25) is 4.79 Å². The van der Waals surface area contributed by atoms with Crippen molar-refractivity contribution >= 4 is 12.1 Å². The first kappa shape index (κ1) is 22.8. The van der Waals surface area contributed by atoms with Crippen LogP contribution in [-0.4, -0.2) is 43.0 Å². The van der Waals surface area contributed by atoms with E-state index in [1.807, 2.05) is 81.4 Å². The van der Waals surface area contributed by atoms with E-state index in [0.717, 1.165) is 11.1 Å². The van der Waals surface area contributed by atoms with Crippen LogP contribution in [0, 0.1) is 5.92 Å². The number of hydrogen-bond acceptors (Lipinski definition) is 5. The first-order valence-corrected chi connectivity index (χ1v) is 10.6. The van der Waals surface area contributed by atoms with Gasteiger partial charge in [-0.15, -0.1) is 0 Å². The Morgan fingerprint density at radius 2 is 1.48 bits per heavy atom. The Balaban J connectivity index is 1.75. The minimum atomic E-state index is -0.604. The van der Waals surface area contributed by atoms with Crippen molar-refractivity contribution in [1.82, 2.24) is 5.32 Å². The molecule has 0 unspecified atom stereocenters. The van der Waals surface area contributed by atoms with E-state index < -0.39 is 17.6 Å². The largest absolute Gasteiger partial charge is 0.469 e. The molecule has 0 spiro atoms. The van der Waals surface area contributed by atoms with Gasteiger partial charge in [-0.1, -0.05) is 60.7 Å².